The highest BCUT2D eigenvalue weighted by atomic mass is 79.9. The molecule has 0 aliphatic heterocycles. The van der Waals surface area contributed by atoms with Crippen molar-refractivity contribution in [2.75, 3.05) is 6.54 Å². The molecule has 1 aliphatic rings. The van der Waals surface area contributed by atoms with E-state index in [1.807, 2.05) is 25.1 Å². The second kappa shape index (κ2) is 7.09. The predicted molar refractivity (Wildman–Crippen MR) is 82.5 cm³/mol. The maximum Gasteiger partial charge on any atom is 0.315 e. The minimum Gasteiger partial charge on any atom is -0.393 e. The lowest BCUT2D eigenvalue weighted by Gasteiger charge is -2.13. The first-order valence-electron chi connectivity index (χ1n) is 6.99. The van der Waals surface area contributed by atoms with Gasteiger partial charge in [-0.2, -0.15) is 0 Å². The Labute approximate surface area is 128 Å². The molecule has 4 nitrogen and oxygen atoms in total. The van der Waals surface area contributed by atoms with E-state index in [9.17, 15) is 9.90 Å². The third-order valence-corrected chi connectivity index (χ3v) is 4.30. The van der Waals surface area contributed by atoms with Crippen LogP contribution in [-0.4, -0.2) is 23.8 Å². The van der Waals surface area contributed by atoms with Crippen molar-refractivity contribution in [3.05, 3.63) is 33.8 Å². The van der Waals surface area contributed by atoms with Gasteiger partial charge in [-0.15, -0.1) is 0 Å². The molecule has 20 heavy (non-hydrogen) atoms. The maximum atomic E-state index is 11.7. The summed E-state index contributed by atoms with van der Waals surface area (Å²) in [6, 6.07) is 5.87. The van der Waals surface area contributed by atoms with Crippen LogP contribution in [0, 0.1) is 12.8 Å². The van der Waals surface area contributed by atoms with Gasteiger partial charge in [-0.3, -0.25) is 0 Å². The average Bonchev–Trinajstić information content (AvgIpc) is 2.81. The van der Waals surface area contributed by atoms with E-state index >= 15 is 0 Å². The first kappa shape index (κ1) is 15.3. The number of aliphatic hydroxyl groups excluding tert-OH is 1. The van der Waals surface area contributed by atoms with E-state index in [1.54, 1.807) is 0 Å². The summed E-state index contributed by atoms with van der Waals surface area (Å²) in [6.45, 7) is 3.19. The van der Waals surface area contributed by atoms with E-state index in [-0.39, 0.29) is 12.1 Å². The fourth-order valence-corrected chi connectivity index (χ4v) is 3.04. The molecule has 110 valence electrons. The molecule has 0 unspecified atom stereocenters. The smallest absolute Gasteiger partial charge is 0.315 e. The van der Waals surface area contributed by atoms with Gasteiger partial charge < -0.3 is 15.7 Å². The number of amides is 2. The summed E-state index contributed by atoms with van der Waals surface area (Å²) in [5, 5.41) is 15.2. The lowest BCUT2D eigenvalue weighted by Crippen LogP contribution is -2.37. The molecule has 2 rings (SSSR count). The van der Waals surface area contributed by atoms with E-state index in [0.29, 0.717) is 19.0 Å². The third-order valence-electron chi connectivity index (χ3n) is 3.81. The first-order valence-corrected chi connectivity index (χ1v) is 7.78. The number of carbonyl (C=O) groups is 1. The predicted octanol–water partition coefficient (Wildman–Crippen LogP) is 2.72. The Bertz CT molecular complexity index is 479. The zero-order valence-corrected chi connectivity index (χ0v) is 13.2. The highest BCUT2D eigenvalue weighted by molar-refractivity contribution is 9.10. The van der Waals surface area contributed by atoms with Crippen molar-refractivity contribution >= 4 is 22.0 Å². The van der Waals surface area contributed by atoms with Crippen LogP contribution in [0.5, 0.6) is 0 Å². The van der Waals surface area contributed by atoms with Crippen LogP contribution in [0.15, 0.2) is 22.7 Å². The minimum atomic E-state index is -0.185. The summed E-state index contributed by atoms with van der Waals surface area (Å²) in [6.07, 6.45) is 2.46. The Morgan fingerprint density at radius 3 is 2.85 bits per heavy atom. The monoisotopic (exact) mass is 340 g/mol. The van der Waals surface area contributed by atoms with Gasteiger partial charge in [0.1, 0.15) is 0 Å². The topological polar surface area (TPSA) is 61.4 Å². The quantitative estimate of drug-likeness (QED) is 0.789. The van der Waals surface area contributed by atoms with Crippen LogP contribution in [0.3, 0.4) is 0 Å². The summed E-state index contributed by atoms with van der Waals surface area (Å²) in [7, 11) is 0. The van der Waals surface area contributed by atoms with Gasteiger partial charge in [0.15, 0.2) is 0 Å². The van der Waals surface area contributed by atoms with Crippen molar-refractivity contribution in [3.63, 3.8) is 0 Å². The summed E-state index contributed by atoms with van der Waals surface area (Å²) < 4.78 is 1.04. The van der Waals surface area contributed by atoms with Gasteiger partial charge in [-0.1, -0.05) is 22.0 Å². The molecular formula is C15H21BrN2O2. The van der Waals surface area contributed by atoms with Crippen LogP contribution in [-0.2, 0) is 6.54 Å². The number of rotatable bonds is 4. The largest absolute Gasteiger partial charge is 0.393 e. The van der Waals surface area contributed by atoms with Crippen LogP contribution in [0.2, 0.25) is 0 Å². The SMILES string of the molecule is Cc1cc(Br)ccc1CNC(=O)NC[C@H]1CC[C@H](O)C1. The molecular weight excluding hydrogens is 320 g/mol. The van der Waals surface area contributed by atoms with Crippen molar-refractivity contribution in [1.29, 1.82) is 0 Å². The number of benzene rings is 1. The van der Waals surface area contributed by atoms with E-state index in [1.165, 1.54) is 0 Å². The molecule has 0 radical (unpaired) electrons. The van der Waals surface area contributed by atoms with Crippen molar-refractivity contribution in [1.82, 2.24) is 10.6 Å². The van der Waals surface area contributed by atoms with Crippen LogP contribution in [0.4, 0.5) is 4.79 Å². The van der Waals surface area contributed by atoms with E-state index < -0.39 is 0 Å². The highest BCUT2D eigenvalue weighted by Gasteiger charge is 2.22. The number of halogens is 1. The summed E-state index contributed by atoms with van der Waals surface area (Å²) >= 11 is 3.42. The number of carbonyl (C=O) groups excluding carboxylic acids is 1. The second-order valence-electron chi connectivity index (χ2n) is 5.47. The van der Waals surface area contributed by atoms with Gasteiger partial charge in [0.2, 0.25) is 0 Å². The Kier molecular flexibility index (Phi) is 5.43. The van der Waals surface area contributed by atoms with Crippen LogP contribution < -0.4 is 10.6 Å². The Balaban J connectivity index is 1.72. The fraction of sp³-hybridized carbons (Fsp3) is 0.533. The molecule has 1 aliphatic carbocycles. The molecule has 1 fully saturated rings. The molecule has 2 atom stereocenters. The standard InChI is InChI=1S/C15H21BrN2O2/c1-10-6-13(16)4-3-12(10)9-18-15(20)17-8-11-2-5-14(19)7-11/h3-4,6,11,14,19H,2,5,7-9H2,1H3,(H2,17,18,20)/t11-,14-/m0/s1. The van der Waals surface area contributed by atoms with Crippen LogP contribution >= 0.6 is 15.9 Å². The number of aryl methyl sites for hydroxylation is 1. The molecule has 1 aromatic carbocycles. The Morgan fingerprint density at radius 2 is 2.20 bits per heavy atom. The zero-order chi connectivity index (χ0) is 14.5. The lowest BCUT2D eigenvalue weighted by molar-refractivity contribution is 0.177. The van der Waals surface area contributed by atoms with Gasteiger partial charge in [0.05, 0.1) is 6.10 Å². The van der Waals surface area contributed by atoms with E-state index in [2.05, 4.69) is 26.6 Å². The maximum absolute atomic E-state index is 11.7. The van der Waals surface area contributed by atoms with E-state index in [0.717, 1.165) is 34.9 Å². The van der Waals surface area contributed by atoms with Crippen LogP contribution in [0.25, 0.3) is 0 Å². The molecule has 2 amide bonds. The van der Waals surface area contributed by atoms with Gasteiger partial charge in [0, 0.05) is 17.6 Å². The molecule has 0 bridgehead atoms. The molecule has 1 saturated carbocycles. The highest BCUT2D eigenvalue weighted by Crippen LogP contribution is 2.24. The van der Waals surface area contributed by atoms with Gasteiger partial charge in [0.25, 0.3) is 0 Å². The van der Waals surface area contributed by atoms with Crippen molar-refractivity contribution in [3.8, 4) is 0 Å². The lowest BCUT2D eigenvalue weighted by atomic mass is 10.1. The van der Waals surface area contributed by atoms with Crippen molar-refractivity contribution < 1.29 is 9.90 Å². The average molecular weight is 341 g/mol. The minimum absolute atomic E-state index is 0.145. The third kappa shape index (κ3) is 4.49. The van der Waals surface area contributed by atoms with Gasteiger partial charge in [-0.05, 0) is 55.4 Å². The van der Waals surface area contributed by atoms with Gasteiger partial charge in [-0.25, -0.2) is 4.79 Å². The number of aliphatic hydroxyl groups is 1. The van der Waals surface area contributed by atoms with Crippen LogP contribution in [0.1, 0.15) is 30.4 Å². The fourth-order valence-electron chi connectivity index (χ4n) is 2.57. The normalized spacial score (nSPS) is 21.8. The molecule has 1 aromatic rings. The summed E-state index contributed by atoms with van der Waals surface area (Å²) in [5.41, 5.74) is 2.26. The molecule has 3 N–H and O–H groups in total. The van der Waals surface area contributed by atoms with Crippen molar-refractivity contribution in [2.45, 2.75) is 38.8 Å². The summed E-state index contributed by atoms with van der Waals surface area (Å²) in [4.78, 5) is 11.7. The molecule has 0 saturated heterocycles. The molecule has 0 spiro atoms. The Morgan fingerprint density at radius 1 is 1.40 bits per heavy atom. The zero-order valence-electron chi connectivity index (χ0n) is 11.7. The van der Waals surface area contributed by atoms with Gasteiger partial charge >= 0.3 is 6.03 Å². The van der Waals surface area contributed by atoms with Crippen molar-refractivity contribution in [2.24, 2.45) is 5.92 Å². The number of nitrogens with one attached hydrogen (secondary N) is 2. The Hall–Kier alpha value is -1.07. The summed E-state index contributed by atoms with van der Waals surface area (Å²) in [5.74, 6) is 0.408. The first-order chi connectivity index (χ1) is 9.54. The molecule has 0 aromatic heterocycles. The number of hydrogen-bond acceptors (Lipinski definition) is 2. The number of urea groups is 1. The molecule has 0 heterocycles. The van der Waals surface area contributed by atoms with E-state index in [4.69, 9.17) is 0 Å². The number of hydrogen-bond donors (Lipinski definition) is 3. The second-order valence-corrected chi connectivity index (χ2v) is 6.38. The molecule has 5 heteroatoms.